The van der Waals surface area contributed by atoms with E-state index >= 15 is 0 Å². The molecule has 0 spiro atoms. The highest BCUT2D eigenvalue weighted by Crippen LogP contribution is 2.26. The number of carbonyl (C=O) groups excluding carboxylic acids is 1. The van der Waals surface area contributed by atoms with Gasteiger partial charge >= 0.3 is 0 Å². The van der Waals surface area contributed by atoms with Crippen molar-refractivity contribution in [1.82, 2.24) is 0 Å². The van der Waals surface area contributed by atoms with E-state index in [0.29, 0.717) is 11.6 Å². The Morgan fingerprint density at radius 2 is 2.06 bits per heavy atom. The maximum absolute atomic E-state index is 11.0. The minimum absolute atomic E-state index is 0.310. The summed E-state index contributed by atoms with van der Waals surface area (Å²) in [5.74, 6) is -0.396. The van der Waals surface area contributed by atoms with E-state index in [2.05, 4.69) is 29.8 Å². The van der Waals surface area contributed by atoms with Gasteiger partial charge in [0.2, 0.25) is 5.91 Å². The zero-order valence-corrected chi connectivity index (χ0v) is 11.0. The SMILES string of the molecule is CCC(Nc1ccc(C(N)=O)cc1)c1cccs1. The Morgan fingerprint density at radius 1 is 1.33 bits per heavy atom. The molecule has 0 saturated heterocycles. The predicted molar refractivity (Wildman–Crippen MR) is 75.9 cm³/mol. The normalized spacial score (nSPS) is 12.1. The van der Waals surface area contributed by atoms with Crippen LogP contribution in [0.4, 0.5) is 5.69 Å². The van der Waals surface area contributed by atoms with Gasteiger partial charge in [-0.3, -0.25) is 4.79 Å². The standard InChI is InChI=1S/C14H16N2OS/c1-2-12(13-4-3-9-18-13)16-11-7-5-10(6-8-11)14(15)17/h3-9,12,16H,2H2,1H3,(H2,15,17). The number of hydrogen-bond acceptors (Lipinski definition) is 3. The molecule has 0 aliphatic carbocycles. The number of amides is 1. The van der Waals surface area contributed by atoms with Crippen molar-refractivity contribution in [2.75, 3.05) is 5.32 Å². The van der Waals surface area contributed by atoms with E-state index in [0.717, 1.165) is 12.1 Å². The highest BCUT2D eigenvalue weighted by atomic mass is 32.1. The number of thiophene rings is 1. The lowest BCUT2D eigenvalue weighted by atomic mass is 10.1. The molecule has 0 aliphatic heterocycles. The quantitative estimate of drug-likeness (QED) is 0.865. The second-order valence-corrected chi connectivity index (χ2v) is 5.04. The summed E-state index contributed by atoms with van der Waals surface area (Å²) in [6.07, 6.45) is 1.01. The van der Waals surface area contributed by atoms with Gasteiger partial charge in [-0.15, -0.1) is 11.3 Å². The van der Waals surface area contributed by atoms with Crippen molar-refractivity contribution >= 4 is 22.9 Å². The number of nitrogens with two attached hydrogens (primary N) is 1. The second-order valence-electron chi connectivity index (χ2n) is 4.06. The second kappa shape index (κ2) is 5.69. The van der Waals surface area contributed by atoms with Gasteiger partial charge in [-0.1, -0.05) is 13.0 Å². The highest BCUT2D eigenvalue weighted by molar-refractivity contribution is 7.10. The summed E-state index contributed by atoms with van der Waals surface area (Å²) in [7, 11) is 0. The lowest BCUT2D eigenvalue weighted by Gasteiger charge is -2.17. The van der Waals surface area contributed by atoms with E-state index in [4.69, 9.17) is 5.73 Å². The third kappa shape index (κ3) is 2.90. The zero-order valence-electron chi connectivity index (χ0n) is 10.2. The topological polar surface area (TPSA) is 55.1 Å². The third-order valence-corrected chi connectivity index (χ3v) is 3.79. The summed E-state index contributed by atoms with van der Waals surface area (Å²) in [6, 6.07) is 11.7. The van der Waals surface area contributed by atoms with Gasteiger partial charge in [0.25, 0.3) is 0 Å². The fourth-order valence-electron chi connectivity index (χ4n) is 1.80. The zero-order chi connectivity index (χ0) is 13.0. The van der Waals surface area contributed by atoms with E-state index in [1.54, 1.807) is 23.5 Å². The molecule has 3 N–H and O–H groups in total. The number of primary amides is 1. The van der Waals surface area contributed by atoms with Crippen LogP contribution in [0.3, 0.4) is 0 Å². The van der Waals surface area contributed by atoms with E-state index in [9.17, 15) is 4.79 Å². The minimum Gasteiger partial charge on any atom is -0.377 e. The molecule has 94 valence electrons. The predicted octanol–water partition coefficient (Wildman–Crippen LogP) is 3.41. The van der Waals surface area contributed by atoms with Crippen molar-refractivity contribution < 1.29 is 4.79 Å². The molecule has 0 bridgehead atoms. The molecule has 2 aromatic rings. The third-order valence-electron chi connectivity index (χ3n) is 2.81. The molecule has 3 nitrogen and oxygen atoms in total. The lowest BCUT2D eigenvalue weighted by Crippen LogP contribution is -2.11. The van der Waals surface area contributed by atoms with Crippen molar-refractivity contribution in [3.8, 4) is 0 Å². The highest BCUT2D eigenvalue weighted by Gasteiger charge is 2.10. The van der Waals surface area contributed by atoms with Crippen molar-refractivity contribution in [3.63, 3.8) is 0 Å². The fourth-order valence-corrected chi connectivity index (χ4v) is 2.66. The van der Waals surface area contributed by atoms with Crippen LogP contribution in [0.2, 0.25) is 0 Å². The maximum atomic E-state index is 11.0. The van der Waals surface area contributed by atoms with Gasteiger partial charge in [0, 0.05) is 16.1 Å². The molecular formula is C14H16N2OS. The average Bonchev–Trinajstić information content (AvgIpc) is 2.90. The lowest BCUT2D eigenvalue weighted by molar-refractivity contribution is 0.100. The van der Waals surface area contributed by atoms with Gasteiger partial charge in [0.15, 0.2) is 0 Å². The van der Waals surface area contributed by atoms with Gasteiger partial charge in [0.1, 0.15) is 0 Å². The Balaban J connectivity index is 2.10. The van der Waals surface area contributed by atoms with E-state index in [-0.39, 0.29) is 0 Å². The van der Waals surface area contributed by atoms with Gasteiger partial charge in [0.05, 0.1) is 6.04 Å². The molecule has 2 rings (SSSR count). The van der Waals surface area contributed by atoms with Crippen LogP contribution in [0.15, 0.2) is 41.8 Å². The molecule has 1 unspecified atom stereocenters. The first-order valence-corrected chi connectivity index (χ1v) is 6.78. The van der Waals surface area contributed by atoms with E-state index in [1.165, 1.54) is 4.88 Å². The van der Waals surface area contributed by atoms with Crippen LogP contribution < -0.4 is 11.1 Å². The minimum atomic E-state index is -0.396. The number of hydrogen-bond donors (Lipinski definition) is 2. The number of rotatable bonds is 5. The Morgan fingerprint density at radius 3 is 2.56 bits per heavy atom. The first-order chi connectivity index (χ1) is 8.70. The Kier molecular flexibility index (Phi) is 3.99. The average molecular weight is 260 g/mol. The summed E-state index contributed by atoms with van der Waals surface area (Å²) in [4.78, 5) is 12.3. The van der Waals surface area contributed by atoms with Crippen molar-refractivity contribution in [2.45, 2.75) is 19.4 Å². The van der Waals surface area contributed by atoms with Gasteiger partial charge in [-0.25, -0.2) is 0 Å². The summed E-state index contributed by atoms with van der Waals surface area (Å²) < 4.78 is 0. The van der Waals surface area contributed by atoms with Crippen molar-refractivity contribution in [1.29, 1.82) is 0 Å². The molecule has 1 atom stereocenters. The largest absolute Gasteiger partial charge is 0.377 e. The summed E-state index contributed by atoms with van der Waals surface area (Å²) >= 11 is 1.75. The molecule has 1 aromatic heterocycles. The fraction of sp³-hybridized carbons (Fsp3) is 0.214. The summed E-state index contributed by atoms with van der Waals surface area (Å²) in [5, 5.41) is 5.53. The summed E-state index contributed by atoms with van der Waals surface area (Å²) in [5.41, 5.74) is 6.74. The first-order valence-electron chi connectivity index (χ1n) is 5.90. The molecule has 0 aliphatic rings. The van der Waals surface area contributed by atoms with Crippen LogP contribution in [0, 0.1) is 0 Å². The Labute approximate surface area is 111 Å². The van der Waals surface area contributed by atoms with Crippen LogP contribution in [-0.2, 0) is 0 Å². The van der Waals surface area contributed by atoms with Gasteiger partial charge < -0.3 is 11.1 Å². The van der Waals surface area contributed by atoms with Gasteiger partial charge in [-0.2, -0.15) is 0 Å². The number of carbonyl (C=O) groups is 1. The molecule has 0 radical (unpaired) electrons. The molecule has 18 heavy (non-hydrogen) atoms. The van der Waals surface area contributed by atoms with E-state index < -0.39 is 5.91 Å². The van der Waals surface area contributed by atoms with Crippen molar-refractivity contribution in [3.05, 3.63) is 52.2 Å². The molecule has 1 amide bonds. The molecule has 0 saturated carbocycles. The molecule has 1 aromatic carbocycles. The smallest absolute Gasteiger partial charge is 0.248 e. The summed E-state index contributed by atoms with van der Waals surface area (Å²) in [6.45, 7) is 2.15. The Bertz CT molecular complexity index is 505. The molecular weight excluding hydrogens is 244 g/mol. The van der Waals surface area contributed by atoms with Gasteiger partial charge in [-0.05, 0) is 42.1 Å². The van der Waals surface area contributed by atoms with E-state index in [1.807, 2.05) is 12.1 Å². The number of nitrogens with one attached hydrogen (secondary N) is 1. The van der Waals surface area contributed by atoms with Crippen LogP contribution in [0.5, 0.6) is 0 Å². The molecule has 4 heteroatoms. The van der Waals surface area contributed by atoms with Crippen molar-refractivity contribution in [2.24, 2.45) is 5.73 Å². The monoisotopic (exact) mass is 260 g/mol. The first kappa shape index (κ1) is 12.6. The number of anilines is 1. The Hall–Kier alpha value is -1.81. The van der Waals surface area contributed by atoms with Crippen LogP contribution in [-0.4, -0.2) is 5.91 Å². The van der Waals surface area contributed by atoms with Crippen LogP contribution in [0.25, 0.3) is 0 Å². The van der Waals surface area contributed by atoms with Crippen LogP contribution >= 0.6 is 11.3 Å². The number of benzene rings is 1. The molecule has 0 fully saturated rings. The van der Waals surface area contributed by atoms with Crippen LogP contribution in [0.1, 0.15) is 34.6 Å². The molecule has 1 heterocycles. The maximum Gasteiger partial charge on any atom is 0.248 e.